The molecule has 0 aliphatic carbocycles. The van der Waals surface area contributed by atoms with Crippen LogP contribution in [0.4, 0.5) is 4.39 Å². The van der Waals surface area contributed by atoms with Gasteiger partial charge in [0.1, 0.15) is 22.8 Å². The largest absolute Gasteiger partial charge is 0.384 e. The Bertz CT molecular complexity index is 1090. The molecule has 1 fully saturated rings. The molecule has 10 nitrogen and oxygen atoms in total. The molecule has 1 saturated heterocycles. The van der Waals surface area contributed by atoms with Crippen molar-refractivity contribution >= 4 is 11.8 Å². The number of hydrogen-bond acceptors (Lipinski definition) is 7. The Morgan fingerprint density at radius 2 is 2.09 bits per heavy atom. The molecule has 0 unspecified atom stereocenters. The Balaban J connectivity index is 1.43. The minimum absolute atomic E-state index is 0.0542. The van der Waals surface area contributed by atoms with E-state index in [0.29, 0.717) is 11.3 Å². The van der Waals surface area contributed by atoms with E-state index in [0.717, 1.165) is 0 Å². The summed E-state index contributed by atoms with van der Waals surface area (Å²) in [6.07, 6.45) is 4.16. The number of benzene rings is 1. The van der Waals surface area contributed by atoms with Gasteiger partial charge in [-0.05, 0) is 30.3 Å². The summed E-state index contributed by atoms with van der Waals surface area (Å²) in [6.45, 7) is 0.226. The maximum Gasteiger partial charge on any atom is 0.272 e. The Morgan fingerprint density at radius 3 is 2.84 bits per heavy atom. The van der Waals surface area contributed by atoms with Gasteiger partial charge in [0.05, 0.1) is 38.2 Å². The van der Waals surface area contributed by atoms with E-state index in [-0.39, 0.29) is 56.0 Å². The molecule has 1 aliphatic heterocycles. The maximum atomic E-state index is 13.1. The number of halogens is 1. The number of aromatic amines is 1. The highest BCUT2D eigenvalue weighted by Gasteiger charge is 2.35. The summed E-state index contributed by atoms with van der Waals surface area (Å²) < 4.78 is 18.6. The number of rotatable bonds is 5. The van der Waals surface area contributed by atoms with E-state index in [1.807, 2.05) is 0 Å². The third-order valence-electron chi connectivity index (χ3n) is 4.97. The van der Waals surface area contributed by atoms with E-state index < -0.39 is 11.5 Å². The SMILES string of the molecule is O=C(NC[C@]1(O)COCCN(C(=O)c2cc(-c3ccc(F)cc3)n[nH]2)C1)c1cnccn1. The predicted molar refractivity (Wildman–Crippen MR) is 110 cm³/mol. The molecule has 1 atom stereocenters. The van der Waals surface area contributed by atoms with Crippen LogP contribution in [-0.4, -0.2) is 80.4 Å². The number of amides is 2. The Kier molecular flexibility index (Phi) is 6.19. The molecule has 1 aromatic carbocycles. The molecular formula is C21H21FN6O4. The first kappa shape index (κ1) is 21.5. The second-order valence-corrected chi connectivity index (χ2v) is 7.45. The molecule has 2 aromatic heterocycles. The van der Waals surface area contributed by atoms with Crippen molar-refractivity contribution < 1.29 is 23.8 Å². The molecule has 3 N–H and O–H groups in total. The van der Waals surface area contributed by atoms with Crippen molar-refractivity contribution in [3.8, 4) is 11.3 Å². The molecule has 166 valence electrons. The quantitative estimate of drug-likeness (QED) is 0.530. The predicted octanol–water partition coefficient (Wildman–Crippen LogP) is 0.639. The fraction of sp³-hybridized carbons (Fsp3) is 0.286. The molecule has 3 heterocycles. The topological polar surface area (TPSA) is 133 Å². The molecule has 3 aromatic rings. The number of nitrogens with zero attached hydrogens (tertiary/aromatic N) is 4. The van der Waals surface area contributed by atoms with Crippen LogP contribution in [0, 0.1) is 5.82 Å². The van der Waals surface area contributed by atoms with Crippen molar-refractivity contribution in [3.05, 3.63) is 66.1 Å². The van der Waals surface area contributed by atoms with Crippen LogP contribution in [0.1, 0.15) is 21.0 Å². The Labute approximate surface area is 182 Å². The summed E-state index contributed by atoms with van der Waals surface area (Å²) >= 11 is 0. The fourth-order valence-corrected chi connectivity index (χ4v) is 3.32. The van der Waals surface area contributed by atoms with E-state index in [1.165, 1.54) is 35.6 Å². The zero-order valence-corrected chi connectivity index (χ0v) is 17.0. The first-order chi connectivity index (χ1) is 15.4. The third kappa shape index (κ3) is 4.95. The number of carbonyl (C=O) groups excluding carboxylic acids is 2. The maximum absolute atomic E-state index is 13.1. The van der Waals surface area contributed by atoms with Gasteiger partial charge in [-0.15, -0.1) is 0 Å². The van der Waals surface area contributed by atoms with Gasteiger partial charge >= 0.3 is 0 Å². The Hall–Kier alpha value is -3.70. The molecule has 0 bridgehead atoms. The second-order valence-electron chi connectivity index (χ2n) is 7.45. The smallest absolute Gasteiger partial charge is 0.272 e. The molecule has 1 aliphatic rings. The minimum atomic E-state index is -1.50. The fourth-order valence-electron chi connectivity index (χ4n) is 3.32. The van der Waals surface area contributed by atoms with Crippen molar-refractivity contribution in [3.63, 3.8) is 0 Å². The number of H-pyrrole nitrogens is 1. The zero-order valence-electron chi connectivity index (χ0n) is 17.0. The van der Waals surface area contributed by atoms with Crippen LogP contribution in [0.2, 0.25) is 0 Å². The summed E-state index contributed by atoms with van der Waals surface area (Å²) in [5, 5.41) is 20.4. The van der Waals surface area contributed by atoms with Crippen LogP contribution in [0.25, 0.3) is 11.3 Å². The number of carbonyl (C=O) groups is 2. The van der Waals surface area contributed by atoms with Crippen molar-refractivity contribution in [2.24, 2.45) is 0 Å². The van der Waals surface area contributed by atoms with Crippen LogP contribution in [0.15, 0.2) is 48.9 Å². The van der Waals surface area contributed by atoms with Gasteiger partial charge in [0.15, 0.2) is 0 Å². The normalized spacial score (nSPS) is 18.8. The number of ether oxygens (including phenoxy) is 1. The summed E-state index contributed by atoms with van der Waals surface area (Å²) in [5.41, 5.74) is -0.0133. The highest BCUT2D eigenvalue weighted by molar-refractivity contribution is 5.93. The summed E-state index contributed by atoms with van der Waals surface area (Å²) in [4.78, 5) is 34.4. The van der Waals surface area contributed by atoms with Gasteiger partial charge in [0, 0.05) is 24.5 Å². The summed E-state index contributed by atoms with van der Waals surface area (Å²) in [7, 11) is 0. The molecule has 2 amide bonds. The molecule has 0 spiro atoms. The number of β-amino-alcohol motifs (C(OH)–C–C–N with tert-alkyl or cyclic N) is 1. The highest BCUT2D eigenvalue weighted by atomic mass is 19.1. The lowest BCUT2D eigenvalue weighted by Gasteiger charge is -2.30. The highest BCUT2D eigenvalue weighted by Crippen LogP contribution is 2.20. The monoisotopic (exact) mass is 440 g/mol. The average Bonchev–Trinajstić information content (AvgIpc) is 3.22. The first-order valence-corrected chi connectivity index (χ1v) is 9.88. The van der Waals surface area contributed by atoms with E-state index in [1.54, 1.807) is 18.2 Å². The third-order valence-corrected chi connectivity index (χ3v) is 4.97. The van der Waals surface area contributed by atoms with Gasteiger partial charge in [-0.1, -0.05) is 0 Å². The van der Waals surface area contributed by atoms with Gasteiger partial charge in [-0.25, -0.2) is 9.37 Å². The molecule has 11 heteroatoms. The number of nitrogens with one attached hydrogen (secondary N) is 2. The first-order valence-electron chi connectivity index (χ1n) is 9.88. The van der Waals surface area contributed by atoms with Crippen LogP contribution in [0.3, 0.4) is 0 Å². The number of hydrogen-bond donors (Lipinski definition) is 3. The van der Waals surface area contributed by atoms with Gasteiger partial charge in [0.2, 0.25) is 0 Å². The van der Waals surface area contributed by atoms with E-state index in [2.05, 4.69) is 25.5 Å². The molecular weight excluding hydrogens is 419 g/mol. The average molecular weight is 440 g/mol. The van der Waals surface area contributed by atoms with E-state index in [4.69, 9.17) is 4.74 Å². The second kappa shape index (κ2) is 9.20. The van der Waals surface area contributed by atoms with Crippen LogP contribution in [-0.2, 0) is 4.74 Å². The lowest BCUT2D eigenvalue weighted by atomic mass is 10.0. The lowest BCUT2D eigenvalue weighted by molar-refractivity contribution is -0.0324. The van der Waals surface area contributed by atoms with Crippen LogP contribution >= 0.6 is 0 Å². The lowest BCUT2D eigenvalue weighted by Crippen LogP contribution is -2.53. The van der Waals surface area contributed by atoms with Crippen LogP contribution in [0.5, 0.6) is 0 Å². The number of aromatic nitrogens is 4. The van der Waals surface area contributed by atoms with Crippen molar-refractivity contribution in [1.82, 2.24) is 30.4 Å². The molecule has 0 saturated carbocycles. The summed E-state index contributed by atoms with van der Waals surface area (Å²) in [5.74, 6) is -1.24. The zero-order chi connectivity index (χ0) is 22.6. The van der Waals surface area contributed by atoms with Gasteiger partial charge in [-0.3, -0.25) is 19.7 Å². The van der Waals surface area contributed by atoms with Gasteiger partial charge in [-0.2, -0.15) is 5.10 Å². The van der Waals surface area contributed by atoms with Crippen molar-refractivity contribution in [2.75, 3.05) is 32.8 Å². The van der Waals surface area contributed by atoms with Crippen molar-refractivity contribution in [1.29, 1.82) is 0 Å². The standard InChI is InChI=1S/C21H21FN6O4/c22-15-3-1-14(2-4-15)16-9-17(27-26-16)20(30)28-7-8-32-13-21(31,12-28)11-25-19(29)18-10-23-5-6-24-18/h1-6,9-10,31H,7-8,11-13H2,(H,25,29)(H,26,27)/t21-/m1/s1. The minimum Gasteiger partial charge on any atom is -0.384 e. The van der Waals surface area contributed by atoms with E-state index in [9.17, 15) is 19.1 Å². The molecule has 4 rings (SSSR count). The van der Waals surface area contributed by atoms with Crippen LogP contribution < -0.4 is 5.32 Å². The van der Waals surface area contributed by atoms with Gasteiger partial charge < -0.3 is 20.1 Å². The molecule has 0 radical (unpaired) electrons. The summed E-state index contributed by atoms with van der Waals surface area (Å²) in [6, 6.07) is 7.33. The van der Waals surface area contributed by atoms with Crippen molar-refractivity contribution in [2.45, 2.75) is 5.60 Å². The Morgan fingerprint density at radius 1 is 1.28 bits per heavy atom. The van der Waals surface area contributed by atoms with Gasteiger partial charge in [0.25, 0.3) is 11.8 Å². The number of aliphatic hydroxyl groups is 1. The molecule has 32 heavy (non-hydrogen) atoms. The van der Waals surface area contributed by atoms with E-state index >= 15 is 0 Å².